The minimum atomic E-state index is -0.965. The maximum atomic E-state index is 12.5. The van der Waals surface area contributed by atoms with Crippen LogP contribution in [0.5, 0.6) is 0 Å². The van der Waals surface area contributed by atoms with Gasteiger partial charge in [-0.1, -0.05) is 30.8 Å². The first kappa shape index (κ1) is 18.8. The van der Waals surface area contributed by atoms with Crippen molar-refractivity contribution in [1.29, 1.82) is 0 Å². The van der Waals surface area contributed by atoms with Crippen LogP contribution in [-0.4, -0.2) is 35.4 Å². The number of hydrogen-bond acceptors (Lipinski definition) is 6. The van der Waals surface area contributed by atoms with Crippen molar-refractivity contribution >= 4 is 34.6 Å². The largest absolute Gasteiger partial charge is 0.480 e. The van der Waals surface area contributed by atoms with E-state index in [1.807, 2.05) is 6.07 Å². The van der Waals surface area contributed by atoms with Gasteiger partial charge >= 0.3 is 11.7 Å². The summed E-state index contributed by atoms with van der Waals surface area (Å²) in [5.74, 6) is -0.965. The average molecular weight is 389 g/mol. The van der Waals surface area contributed by atoms with E-state index < -0.39 is 22.5 Å². The SMILES string of the molecule is CCC(Sc1nc2c(c(=O)[nH]c(=O)n2C)n1Cc1cccc(N)c1)C(=O)O. The molecule has 1 unspecified atom stereocenters. The number of aryl methyl sites for hydroxylation is 1. The van der Waals surface area contributed by atoms with Crippen LogP contribution in [0, 0.1) is 0 Å². The second-order valence-corrected chi connectivity index (χ2v) is 7.24. The van der Waals surface area contributed by atoms with Crippen LogP contribution in [0.4, 0.5) is 5.69 Å². The Hall–Kier alpha value is -3.01. The van der Waals surface area contributed by atoms with Gasteiger partial charge in [0, 0.05) is 12.7 Å². The molecule has 0 fully saturated rings. The molecule has 0 aliphatic carbocycles. The van der Waals surface area contributed by atoms with Gasteiger partial charge in [0.15, 0.2) is 16.3 Å². The highest BCUT2D eigenvalue weighted by Gasteiger charge is 2.23. The van der Waals surface area contributed by atoms with Crippen molar-refractivity contribution in [3.63, 3.8) is 0 Å². The first-order valence-corrected chi connectivity index (χ1v) is 9.13. The molecule has 0 aliphatic rings. The second kappa shape index (κ2) is 7.31. The summed E-state index contributed by atoms with van der Waals surface area (Å²) >= 11 is 1.05. The van der Waals surface area contributed by atoms with Crippen LogP contribution < -0.4 is 17.0 Å². The maximum absolute atomic E-state index is 12.5. The first-order chi connectivity index (χ1) is 12.8. The molecule has 2 aromatic heterocycles. The van der Waals surface area contributed by atoms with Gasteiger partial charge < -0.3 is 15.4 Å². The van der Waals surface area contributed by atoms with Crippen LogP contribution in [0.15, 0.2) is 39.0 Å². The van der Waals surface area contributed by atoms with E-state index in [1.54, 1.807) is 29.7 Å². The Morgan fingerprint density at radius 3 is 2.78 bits per heavy atom. The third-order valence-corrected chi connectivity index (χ3v) is 5.50. The highest BCUT2D eigenvalue weighted by atomic mass is 32.2. The number of aromatic amines is 1. The molecule has 10 heteroatoms. The molecule has 0 bridgehead atoms. The summed E-state index contributed by atoms with van der Waals surface area (Å²) in [5.41, 5.74) is 6.50. The Morgan fingerprint density at radius 2 is 2.15 bits per heavy atom. The zero-order valence-electron chi connectivity index (χ0n) is 14.8. The molecule has 4 N–H and O–H groups in total. The van der Waals surface area contributed by atoms with E-state index in [9.17, 15) is 19.5 Å². The number of carbonyl (C=O) groups is 1. The number of nitrogen functional groups attached to an aromatic ring is 1. The molecule has 1 atom stereocenters. The summed E-state index contributed by atoms with van der Waals surface area (Å²) in [5, 5.41) is 9.01. The lowest BCUT2D eigenvalue weighted by atomic mass is 10.2. The molecule has 2 heterocycles. The second-order valence-electron chi connectivity index (χ2n) is 6.07. The van der Waals surface area contributed by atoms with Crippen molar-refractivity contribution < 1.29 is 9.90 Å². The number of aliphatic carboxylic acids is 1. The van der Waals surface area contributed by atoms with E-state index in [4.69, 9.17) is 5.73 Å². The Bertz CT molecular complexity index is 1130. The number of aromatic nitrogens is 4. The smallest absolute Gasteiger partial charge is 0.329 e. The number of carboxylic acid groups (broad SMARTS) is 1. The molecule has 0 amide bonds. The van der Waals surface area contributed by atoms with Gasteiger partial charge in [0.25, 0.3) is 5.56 Å². The monoisotopic (exact) mass is 389 g/mol. The summed E-state index contributed by atoms with van der Waals surface area (Å²) in [6, 6.07) is 7.16. The van der Waals surface area contributed by atoms with Crippen LogP contribution in [0.3, 0.4) is 0 Å². The molecule has 0 saturated heterocycles. The quantitative estimate of drug-likeness (QED) is 0.423. The fourth-order valence-electron chi connectivity index (χ4n) is 2.76. The van der Waals surface area contributed by atoms with Gasteiger partial charge in [0.05, 0.1) is 6.54 Å². The van der Waals surface area contributed by atoms with Crippen molar-refractivity contribution in [3.05, 3.63) is 50.7 Å². The number of hydrogen-bond donors (Lipinski definition) is 3. The minimum absolute atomic E-state index is 0.204. The van der Waals surface area contributed by atoms with Crippen LogP contribution in [0.1, 0.15) is 18.9 Å². The number of anilines is 1. The van der Waals surface area contributed by atoms with E-state index in [0.29, 0.717) is 17.3 Å². The molecule has 3 rings (SSSR count). The van der Waals surface area contributed by atoms with Crippen LogP contribution in [-0.2, 0) is 18.4 Å². The number of nitrogens with one attached hydrogen (secondary N) is 1. The highest BCUT2D eigenvalue weighted by Crippen LogP contribution is 2.28. The van der Waals surface area contributed by atoms with Crippen LogP contribution in [0.25, 0.3) is 11.2 Å². The number of imidazole rings is 1. The van der Waals surface area contributed by atoms with Crippen molar-refractivity contribution in [3.8, 4) is 0 Å². The number of rotatable bonds is 6. The number of carboxylic acids is 1. The molecule has 0 radical (unpaired) electrons. The molecule has 0 spiro atoms. The Morgan fingerprint density at radius 1 is 1.41 bits per heavy atom. The van der Waals surface area contributed by atoms with Crippen LogP contribution in [0.2, 0.25) is 0 Å². The van der Waals surface area contributed by atoms with E-state index in [-0.39, 0.29) is 17.7 Å². The fourth-order valence-corrected chi connectivity index (χ4v) is 3.71. The van der Waals surface area contributed by atoms with Gasteiger partial charge in [-0.3, -0.25) is 19.1 Å². The number of nitrogens with two attached hydrogens (primary N) is 1. The Balaban J connectivity index is 2.22. The molecule has 0 aliphatic heterocycles. The number of fused-ring (bicyclic) bond motifs is 1. The van der Waals surface area contributed by atoms with Gasteiger partial charge in [0.1, 0.15) is 5.25 Å². The maximum Gasteiger partial charge on any atom is 0.329 e. The van der Waals surface area contributed by atoms with Crippen molar-refractivity contribution in [1.82, 2.24) is 19.1 Å². The zero-order chi connectivity index (χ0) is 19.7. The van der Waals surface area contributed by atoms with Gasteiger partial charge in [-0.15, -0.1) is 0 Å². The summed E-state index contributed by atoms with van der Waals surface area (Å²) in [6.07, 6.45) is 0.386. The number of benzene rings is 1. The predicted octanol–water partition coefficient (Wildman–Crippen LogP) is 1.01. The summed E-state index contributed by atoms with van der Waals surface area (Å²) < 4.78 is 2.86. The summed E-state index contributed by atoms with van der Waals surface area (Å²) in [6.45, 7) is 2.03. The number of thioether (sulfide) groups is 1. The first-order valence-electron chi connectivity index (χ1n) is 8.25. The van der Waals surface area contributed by atoms with Gasteiger partial charge in [0.2, 0.25) is 0 Å². The Kier molecular flexibility index (Phi) is 5.08. The lowest BCUT2D eigenvalue weighted by Gasteiger charge is -2.12. The predicted molar refractivity (Wildman–Crippen MR) is 103 cm³/mol. The molecule has 142 valence electrons. The molecule has 3 aromatic rings. The molecule has 27 heavy (non-hydrogen) atoms. The minimum Gasteiger partial charge on any atom is -0.480 e. The Labute approximate surface area is 157 Å². The number of H-pyrrole nitrogens is 1. The van der Waals surface area contributed by atoms with Gasteiger partial charge in [-0.25, -0.2) is 9.78 Å². The molecular formula is C17H19N5O4S. The molecule has 1 aromatic carbocycles. The standard InChI is InChI=1S/C17H19N5O4S/c1-3-11(15(24)25)27-17-19-13-12(14(23)20-16(26)21(13)2)22(17)8-9-5-4-6-10(18)7-9/h4-7,11H,3,8,18H2,1-2H3,(H,24,25)(H,20,23,26). The summed E-state index contributed by atoms with van der Waals surface area (Å²) in [4.78, 5) is 42.5. The van der Waals surface area contributed by atoms with E-state index in [2.05, 4.69) is 9.97 Å². The molecule has 9 nitrogen and oxygen atoms in total. The zero-order valence-corrected chi connectivity index (χ0v) is 15.6. The van der Waals surface area contributed by atoms with Gasteiger partial charge in [-0.2, -0.15) is 0 Å². The topological polar surface area (TPSA) is 136 Å². The normalized spacial score (nSPS) is 12.4. The lowest BCUT2D eigenvalue weighted by Crippen LogP contribution is -2.29. The third-order valence-electron chi connectivity index (χ3n) is 4.16. The van der Waals surface area contributed by atoms with E-state index >= 15 is 0 Å². The van der Waals surface area contributed by atoms with E-state index in [1.165, 1.54) is 11.6 Å². The average Bonchev–Trinajstić information content (AvgIpc) is 2.96. The van der Waals surface area contributed by atoms with Gasteiger partial charge in [-0.05, 0) is 24.1 Å². The van der Waals surface area contributed by atoms with Crippen molar-refractivity contribution in [2.24, 2.45) is 7.05 Å². The summed E-state index contributed by atoms with van der Waals surface area (Å²) in [7, 11) is 1.50. The number of nitrogens with zero attached hydrogens (tertiary/aromatic N) is 3. The fraction of sp³-hybridized carbons (Fsp3) is 0.294. The highest BCUT2D eigenvalue weighted by molar-refractivity contribution is 8.00. The molecular weight excluding hydrogens is 370 g/mol. The van der Waals surface area contributed by atoms with Crippen molar-refractivity contribution in [2.75, 3.05) is 5.73 Å². The van der Waals surface area contributed by atoms with Crippen molar-refractivity contribution in [2.45, 2.75) is 30.3 Å². The third kappa shape index (κ3) is 3.61. The van der Waals surface area contributed by atoms with Crippen LogP contribution >= 0.6 is 11.8 Å². The van der Waals surface area contributed by atoms with E-state index in [0.717, 1.165) is 17.3 Å². The molecule has 0 saturated carbocycles. The lowest BCUT2D eigenvalue weighted by molar-refractivity contribution is -0.136.